The van der Waals surface area contributed by atoms with Crippen molar-refractivity contribution in [3.05, 3.63) is 35.4 Å². The van der Waals surface area contributed by atoms with Crippen LogP contribution in [-0.4, -0.2) is 30.4 Å². The van der Waals surface area contributed by atoms with Crippen LogP contribution in [0.1, 0.15) is 64.5 Å². The molecule has 0 spiro atoms. The number of aryl methyl sites for hydroxylation is 1. The van der Waals surface area contributed by atoms with E-state index in [9.17, 15) is 4.79 Å². The molecule has 1 fully saturated rings. The van der Waals surface area contributed by atoms with Gasteiger partial charge in [-0.3, -0.25) is 4.79 Å². The van der Waals surface area contributed by atoms with E-state index in [0.717, 1.165) is 38.8 Å². The Bertz CT molecular complexity index is 550. The number of halogens is 1. The number of amides is 1. The molecule has 0 bridgehead atoms. The number of hydrogen-bond acceptors (Lipinski definition) is 2. The summed E-state index contributed by atoms with van der Waals surface area (Å²) in [7, 11) is 0. The third-order valence-corrected chi connectivity index (χ3v) is 5.33. The lowest BCUT2D eigenvalue weighted by atomic mass is 9.86. The average molecular weight is 367 g/mol. The van der Waals surface area contributed by atoms with Crippen molar-refractivity contribution in [1.29, 1.82) is 0 Å². The van der Waals surface area contributed by atoms with Gasteiger partial charge < -0.3 is 10.6 Å². The van der Waals surface area contributed by atoms with Crippen molar-refractivity contribution >= 4 is 18.3 Å². The van der Waals surface area contributed by atoms with Gasteiger partial charge in [0.1, 0.15) is 0 Å². The predicted octanol–water partition coefficient (Wildman–Crippen LogP) is 4.32. The first-order valence-corrected chi connectivity index (χ1v) is 9.31. The molecule has 2 rings (SSSR count). The molecular formula is C21H35ClN2O. The van der Waals surface area contributed by atoms with Crippen LogP contribution in [0.5, 0.6) is 0 Å². The number of benzene rings is 1. The summed E-state index contributed by atoms with van der Waals surface area (Å²) in [6.45, 7) is 11.3. The summed E-state index contributed by atoms with van der Waals surface area (Å²) in [5.74, 6) is 0.301. The van der Waals surface area contributed by atoms with Gasteiger partial charge in [-0.25, -0.2) is 0 Å². The molecular weight excluding hydrogens is 332 g/mol. The lowest BCUT2D eigenvalue weighted by Crippen LogP contribution is -2.34. The molecule has 1 unspecified atom stereocenters. The Morgan fingerprint density at radius 3 is 2.36 bits per heavy atom. The molecule has 4 heteroatoms. The number of hydrogen-bond donors (Lipinski definition) is 1. The van der Waals surface area contributed by atoms with E-state index in [1.54, 1.807) is 0 Å². The lowest BCUT2D eigenvalue weighted by Gasteiger charge is -2.22. The van der Waals surface area contributed by atoms with Crippen molar-refractivity contribution in [3.8, 4) is 0 Å². The van der Waals surface area contributed by atoms with Gasteiger partial charge in [-0.2, -0.15) is 0 Å². The third kappa shape index (κ3) is 6.31. The van der Waals surface area contributed by atoms with Crippen LogP contribution < -0.4 is 5.73 Å². The largest absolute Gasteiger partial charge is 0.342 e. The first-order chi connectivity index (χ1) is 11.2. The molecule has 1 aliphatic rings. The topological polar surface area (TPSA) is 46.3 Å². The van der Waals surface area contributed by atoms with Crippen LogP contribution in [0.4, 0.5) is 0 Å². The minimum atomic E-state index is 0. The Morgan fingerprint density at radius 1 is 1.20 bits per heavy atom. The summed E-state index contributed by atoms with van der Waals surface area (Å²) in [5, 5.41) is 0. The van der Waals surface area contributed by atoms with Crippen molar-refractivity contribution in [3.63, 3.8) is 0 Å². The number of carbonyl (C=O) groups is 1. The van der Waals surface area contributed by atoms with E-state index in [0.29, 0.717) is 18.9 Å². The number of unbranched alkanes of at least 4 members (excludes halogenated alkanes) is 1. The molecule has 1 saturated heterocycles. The second kappa shape index (κ2) is 9.05. The quantitative estimate of drug-likeness (QED) is 0.762. The fraction of sp³-hybridized carbons (Fsp3) is 0.667. The number of carbonyl (C=O) groups excluding carboxylic acids is 1. The summed E-state index contributed by atoms with van der Waals surface area (Å²) in [6, 6.07) is 8.93. The Kier molecular flexibility index (Phi) is 7.95. The maximum Gasteiger partial charge on any atom is 0.222 e. The van der Waals surface area contributed by atoms with Gasteiger partial charge in [0, 0.05) is 19.5 Å². The van der Waals surface area contributed by atoms with Crippen molar-refractivity contribution in [2.24, 2.45) is 11.1 Å². The minimum Gasteiger partial charge on any atom is -0.342 e. The summed E-state index contributed by atoms with van der Waals surface area (Å²) in [5.41, 5.74) is 8.89. The summed E-state index contributed by atoms with van der Waals surface area (Å²) in [6.07, 6.45) is 4.80. The van der Waals surface area contributed by atoms with E-state index < -0.39 is 0 Å². The highest BCUT2D eigenvalue weighted by Gasteiger charge is 2.34. The summed E-state index contributed by atoms with van der Waals surface area (Å²) >= 11 is 0. The Balaban J connectivity index is 0.00000312. The smallest absolute Gasteiger partial charge is 0.222 e. The molecule has 1 atom stereocenters. The van der Waals surface area contributed by atoms with Crippen LogP contribution in [0, 0.1) is 5.41 Å². The molecule has 0 aromatic heterocycles. The van der Waals surface area contributed by atoms with Gasteiger partial charge in [0.05, 0.1) is 0 Å². The molecule has 2 N–H and O–H groups in total. The highest BCUT2D eigenvalue weighted by molar-refractivity contribution is 5.85. The van der Waals surface area contributed by atoms with Crippen LogP contribution in [-0.2, 0) is 16.6 Å². The fourth-order valence-corrected chi connectivity index (χ4v) is 3.34. The van der Waals surface area contributed by atoms with Crippen LogP contribution in [0.2, 0.25) is 0 Å². The number of rotatable bonds is 6. The van der Waals surface area contributed by atoms with Crippen LogP contribution in [0.3, 0.4) is 0 Å². The van der Waals surface area contributed by atoms with Crippen molar-refractivity contribution < 1.29 is 4.79 Å². The van der Waals surface area contributed by atoms with Gasteiger partial charge in [0.2, 0.25) is 5.91 Å². The normalized spacial score (nSPS) is 20.4. The zero-order chi connectivity index (χ0) is 17.8. The molecule has 0 saturated carbocycles. The number of nitrogens with two attached hydrogens (primary N) is 1. The van der Waals surface area contributed by atoms with Crippen molar-refractivity contribution in [1.82, 2.24) is 4.90 Å². The first kappa shape index (κ1) is 22.0. The first-order valence-electron chi connectivity index (χ1n) is 9.31. The van der Waals surface area contributed by atoms with E-state index in [4.69, 9.17) is 5.73 Å². The zero-order valence-electron chi connectivity index (χ0n) is 16.3. The maximum atomic E-state index is 12.3. The monoisotopic (exact) mass is 366 g/mol. The Hall–Kier alpha value is -1.06. The van der Waals surface area contributed by atoms with E-state index in [1.807, 2.05) is 4.90 Å². The third-order valence-electron chi connectivity index (χ3n) is 5.33. The van der Waals surface area contributed by atoms with Crippen LogP contribution in [0.25, 0.3) is 0 Å². The Labute approximate surface area is 159 Å². The standard InChI is InChI=1S/C21H34N2O.ClH/c1-20(2,3)18-11-9-17(10-12-18)7-5-6-8-19(24)23-14-13-21(4,15-22)16-23;/h9-12H,5-8,13-16,22H2,1-4H3;1H. The van der Waals surface area contributed by atoms with Gasteiger partial charge in [-0.15, -0.1) is 12.4 Å². The number of nitrogens with zero attached hydrogens (tertiary/aromatic N) is 1. The zero-order valence-corrected chi connectivity index (χ0v) is 17.1. The van der Waals surface area contributed by atoms with E-state index in [-0.39, 0.29) is 23.2 Å². The van der Waals surface area contributed by atoms with Crippen LogP contribution >= 0.6 is 12.4 Å². The van der Waals surface area contributed by atoms with Gasteiger partial charge in [0.25, 0.3) is 0 Å². The van der Waals surface area contributed by atoms with Crippen LogP contribution in [0.15, 0.2) is 24.3 Å². The summed E-state index contributed by atoms with van der Waals surface area (Å²) < 4.78 is 0. The average Bonchev–Trinajstić information content (AvgIpc) is 2.94. The highest BCUT2D eigenvalue weighted by atomic mass is 35.5. The SMILES string of the molecule is CC1(CN)CCN(C(=O)CCCCc2ccc(C(C)(C)C)cc2)C1.Cl. The van der Waals surface area contributed by atoms with E-state index >= 15 is 0 Å². The second-order valence-corrected chi connectivity index (χ2v) is 8.73. The predicted molar refractivity (Wildman–Crippen MR) is 108 cm³/mol. The molecule has 1 amide bonds. The molecule has 1 aromatic carbocycles. The van der Waals surface area contributed by atoms with Crippen molar-refractivity contribution in [2.45, 2.75) is 65.2 Å². The molecule has 25 heavy (non-hydrogen) atoms. The van der Waals surface area contributed by atoms with Gasteiger partial charge >= 0.3 is 0 Å². The molecule has 1 aliphatic heterocycles. The highest BCUT2D eigenvalue weighted by Crippen LogP contribution is 2.29. The van der Waals surface area contributed by atoms with E-state index in [1.165, 1.54) is 11.1 Å². The van der Waals surface area contributed by atoms with Crippen molar-refractivity contribution in [2.75, 3.05) is 19.6 Å². The van der Waals surface area contributed by atoms with Gasteiger partial charge in [0.15, 0.2) is 0 Å². The fourth-order valence-electron chi connectivity index (χ4n) is 3.34. The molecule has 1 heterocycles. The molecule has 142 valence electrons. The summed E-state index contributed by atoms with van der Waals surface area (Å²) in [4.78, 5) is 14.3. The van der Waals surface area contributed by atoms with Gasteiger partial charge in [-0.1, -0.05) is 52.0 Å². The second-order valence-electron chi connectivity index (χ2n) is 8.73. The molecule has 0 radical (unpaired) electrons. The minimum absolute atomic E-state index is 0. The molecule has 0 aliphatic carbocycles. The Morgan fingerprint density at radius 2 is 1.84 bits per heavy atom. The number of likely N-dealkylation sites (tertiary alicyclic amines) is 1. The maximum absolute atomic E-state index is 12.3. The molecule has 3 nitrogen and oxygen atoms in total. The van der Waals surface area contributed by atoms with Gasteiger partial charge in [-0.05, 0) is 54.2 Å². The lowest BCUT2D eigenvalue weighted by molar-refractivity contribution is -0.130. The molecule has 1 aromatic rings. The van der Waals surface area contributed by atoms with E-state index in [2.05, 4.69) is 52.0 Å².